The van der Waals surface area contributed by atoms with Gasteiger partial charge in [-0.3, -0.25) is 4.79 Å². The Bertz CT molecular complexity index is 525. The fraction of sp³-hybridized carbons (Fsp3) is 0.231. The lowest BCUT2D eigenvalue weighted by Crippen LogP contribution is -2.30. The number of carbonyl (C=O) groups is 1. The first kappa shape index (κ1) is 12.6. The largest absolute Gasteiger partial charge is 0.383 e. The Morgan fingerprint density at radius 2 is 2.28 bits per heavy atom. The van der Waals surface area contributed by atoms with Gasteiger partial charge in [0.25, 0.3) is 5.91 Å². The van der Waals surface area contributed by atoms with Gasteiger partial charge in [-0.25, -0.2) is 4.98 Å². The van der Waals surface area contributed by atoms with E-state index in [0.29, 0.717) is 18.7 Å². The summed E-state index contributed by atoms with van der Waals surface area (Å²) < 4.78 is 0. The molecule has 2 aromatic rings. The minimum atomic E-state index is -0.0727. The van der Waals surface area contributed by atoms with Gasteiger partial charge in [-0.15, -0.1) is 11.3 Å². The monoisotopic (exact) mass is 261 g/mol. The molecule has 0 saturated heterocycles. The summed E-state index contributed by atoms with van der Waals surface area (Å²) in [5, 5.41) is 2.01. The number of carbonyl (C=O) groups excluding carboxylic acids is 1. The number of anilines is 1. The molecule has 2 heterocycles. The maximum atomic E-state index is 12.3. The van der Waals surface area contributed by atoms with Crippen LogP contribution in [0.25, 0.3) is 0 Å². The second-order valence-electron chi connectivity index (χ2n) is 3.83. The molecular formula is C13H15N3OS. The Hall–Kier alpha value is -1.88. The van der Waals surface area contributed by atoms with Crippen LogP contribution in [0.2, 0.25) is 0 Å². The fourth-order valence-electron chi connectivity index (χ4n) is 1.69. The first-order chi connectivity index (χ1) is 8.72. The van der Waals surface area contributed by atoms with E-state index in [4.69, 9.17) is 5.73 Å². The van der Waals surface area contributed by atoms with Crippen LogP contribution >= 0.6 is 11.3 Å². The predicted octanol–water partition coefficient (Wildman–Crippen LogP) is 2.39. The summed E-state index contributed by atoms with van der Waals surface area (Å²) in [6.07, 6.45) is 1.58. The third-order valence-electron chi connectivity index (χ3n) is 2.66. The SMILES string of the molecule is CCN(Cc1cccs1)C(=O)c1cccnc1N. The lowest BCUT2D eigenvalue weighted by Gasteiger charge is -2.20. The molecule has 0 radical (unpaired) electrons. The molecule has 0 aliphatic heterocycles. The van der Waals surface area contributed by atoms with Crippen LogP contribution in [-0.2, 0) is 6.54 Å². The highest BCUT2D eigenvalue weighted by Crippen LogP contribution is 2.16. The van der Waals surface area contributed by atoms with E-state index >= 15 is 0 Å². The third kappa shape index (κ3) is 2.68. The van der Waals surface area contributed by atoms with Gasteiger partial charge in [0, 0.05) is 17.6 Å². The Kier molecular flexibility index (Phi) is 3.94. The second kappa shape index (κ2) is 5.64. The van der Waals surface area contributed by atoms with E-state index in [9.17, 15) is 4.79 Å². The predicted molar refractivity (Wildman–Crippen MR) is 73.4 cm³/mol. The number of thiophene rings is 1. The van der Waals surface area contributed by atoms with Crippen molar-refractivity contribution in [3.05, 3.63) is 46.3 Å². The molecule has 1 amide bonds. The Morgan fingerprint density at radius 1 is 1.44 bits per heavy atom. The van der Waals surface area contributed by atoms with E-state index in [1.54, 1.807) is 34.6 Å². The van der Waals surface area contributed by atoms with Crippen molar-refractivity contribution in [2.24, 2.45) is 0 Å². The molecule has 2 N–H and O–H groups in total. The standard InChI is InChI=1S/C13H15N3OS/c1-2-16(9-10-5-4-8-18-10)13(17)11-6-3-7-15-12(11)14/h3-8H,2,9H2,1H3,(H2,14,15). The highest BCUT2D eigenvalue weighted by atomic mass is 32.1. The summed E-state index contributed by atoms with van der Waals surface area (Å²) in [5.74, 6) is 0.212. The molecular weight excluding hydrogens is 246 g/mol. The van der Waals surface area contributed by atoms with E-state index in [-0.39, 0.29) is 11.7 Å². The van der Waals surface area contributed by atoms with Crippen LogP contribution in [0.15, 0.2) is 35.8 Å². The third-order valence-corrected chi connectivity index (χ3v) is 3.53. The molecule has 0 spiro atoms. The highest BCUT2D eigenvalue weighted by Gasteiger charge is 2.17. The molecule has 2 aromatic heterocycles. The second-order valence-corrected chi connectivity index (χ2v) is 4.87. The van der Waals surface area contributed by atoms with Crippen molar-refractivity contribution >= 4 is 23.1 Å². The van der Waals surface area contributed by atoms with Gasteiger partial charge in [0.05, 0.1) is 12.1 Å². The zero-order chi connectivity index (χ0) is 13.0. The van der Waals surface area contributed by atoms with Crippen molar-refractivity contribution in [1.29, 1.82) is 0 Å². The average Bonchev–Trinajstić information content (AvgIpc) is 2.88. The van der Waals surface area contributed by atoms with Gasteiger partial charge in [-0.2, -0.15) is 0 Å². The topological polar surface area (TPSA) is 59.2 Å². The normalized spacial score (nSPS) is 10.3. The van der Waals surface area contributed by atoms with Gasteiger partial charge < -0.3 is 10.6 Å². The van der Waals surface area contributed by atoms with Crippen molar-refractivity contribution in [2.75, 3.05) is 12.3 Å². The highest BCUT2D eigenvalue weighted by molar-refractivity contribution is 7.09. The van der Waals surface area contributed by atoms with Crippen molar-refractivity contribution in [3.8, 4) is 0 Å². The molecule has 94 valence electrons. The molecule has 0 fully saturated rings. The van der Waals surface area contributed by atoms with Crippen molar-refractivity contribution in [2.45, 2.75) is 13.5 Å². The van der Waals surface area contributed by atoms with Gasteiger partial charge in [0.2, 0.25) is 0 Å². The molecule has 4 nitrogen and oxygen atoms in total. The summed E-state index contributed by atoms with van der Waals surface area (Å²) in [6.45, 7) is 3.21. The van der Waals surface area contributed by atoms with Crippen molar-refractivity contribution < 1.29 is 4.79 Å². The van der Waals surface area contributed by atoms with Gasteiger partial charge >= 0.3 is 0 Å². The molecule has 0 aliphatic carbocycles. The number of nitrogen functional groups attached to an aromatic ring is 1. The van der Waals surface area contributed by atoms with E-state index < -0.39 is 0 Å². The van der Waals surface area contributed by atoms with Gasteiger partial charge in [-0.1, -0.05) is 6.07 Å². The molecule has 0 aromatic carbocycles. The molecule has 0 bridgehead atoms. The first-order valence-electron chi connectivity index (χ1n) is 5.74. The number of aromatic nitrogens is 1. The van der Waals surface area contributed by atoms with E-state index in [1.807, 2.05) is 24.4 Å². The Morgan fingerprint density at radius 3 is 2.89 bits per heavy atom. The minimum Gasteiger partial charge on any atom is -0.383 e. The average molecular weight is 261 g/mol. The molecule has 0 atom stereocenters. The first-order valence-corrected chi connectivity index (χ1v) is 6.62. The number of pyridine rings is 1. The van der Waals surface area contributed by atoms with Gasteiger partial charge in [0.15, 0.2) is 0 Å². The van der Waals surface area contributed by atoms with Crippen LogP contribution in [0.3, 0.4) is 0 Å². The molecule has 18 heavy (non-hydrogen) atoms. The summed E-state index contributed by atoms with van der Waals surface area (Å²) in [5.41, 5.74) is 6.20. The van der Waals surface area contributed by atoms with Crippen LogP contribution < -0.4 is 5.73 Å². The summed E-state index contributed by atoms with van der Waals surface area (Å²) >= 11 is 1.64. The number of nitrogens with zero attached hydrogens (tertiary/aromatic N) is 2. The summed E-state index contributed by atoms with van der Waals surface area (Å²) in [6, 6.07) is 7.44. The van der Waals surface area contributed by atoms with Crippen LogP contribution in [0, 0.1) is 0 Å². The van der Waals surface area contributed by atoms with Crippen LogP contribution in [0.4, 0.5) is 5.82 Å². The van der Waals surface area contributed by atoms with Gasteiger partial charge in [0.1, 0.15) is 5.82 Å². The fourth-order valence-corrected chi connectivity index (χ4v) is 2.41. The van der Waals surface area contributed by atoms with Crippen molar-refractivity contribution in [3.63, 3.8) is 0 Å². The van der Waals surface area contributed by atoms with Crippen LogP contribution in [0.5, 0.6) is 0 Å². The summed E-state index contributed by atoms with van der Waals surface area (Å²) in [4.78, 5) is 19.2. The number of nitrogens with two attached hydrogens (primary N) is 1. The molecule has 0 unspecified atom stereocenters. The summed E-state index contributed by atoms with van der Waals surface area (Å²) in [7, 11) is 0. The van der Waals surface area contributed by atoms with E-state index in [1.165, 1.54) is 0 Å². The molecule has 0 saturated carbocycles. The number of hydrogen-bond donors (Lipinski definition) is 1. The van der Waals surface area contributed by atoms with Crippen molar-refractivity contribution in [1.82, 2.24) is 9.88 Å². The molecule has 5 heteroatoms. The number of hydrogen-bond acceptors (Lipinski definition) is 4. The lowest BCUT2D eigenvalue weighted by atomic mass is 10.2. The van der Waals surface area contributed by atoms with E-state index in [0.717, 1.165) is 4.88 Å². The molecule has 0 aliphatic rings. The Labute approximate surface area is 110 Å². The lowest BCUT2D eigenvalue weighted by molar-refractivity contribution is 0.0755. The van der Waals surface area contributed by atoms with Crippen LogP contribution in [0.1, 0.15) is 22.2 Å². The van der Waals surface area contributed by atoms with E-state index in [2.05, 4.69) is 4.98 Å². The van der Waals surface area contributed by atoms with Gasteiger partial charge in [-0.05, 0) is 30.5 Å². The minimum absolute atomic E-state index is 0.0727. The zero-order valence-electron chi connectivity index (χ0n) is 10.2. The number of rotatable bonds is 4. The zero-order valence-corrected chi connectivity index (χ0v) is 11.0. The Balaban J connectivity index is 2.18. The smallest absolute Gasteiger partial charge is 0.257 e. The maximum Gasteiger partial charge on any atom is 0.257 e. The quantitative estimate of drug-likeness (QED) is 0.919. The maximum absolute atomic E-state index is 12.3. The van der Waals surface area contributed by atoms with Crippen LogP contribution in [-0.4, -0.2) is 22.3 Å². The molecule has 2 rings (SSSR count). The number of amides is 1.